The van der Waals surface area contributed by atoms with Crippen LogP contribution in [0.4, 0.5) is 0 Å². The summed E-state index contributed by atoms with van der Waals surface area (Å²) in [6.07, 6.45) is 5.43. The van der Waals surface area contributed by atoms with Crippen LogP contribution >= 0.6 is 0 Å². The summed E-state index contributed by atoms with van der Waals surface area (Å²) in [5.74, 6) is 1.73. The molecule has 0 atom stereocenters. The molecule has 8 aromatic rings. The minimum atomic E-state index is 0.523. The van der Waals surface area contributed by atoms with Gasteiger partial charge < -0.3 is 0 Å². The van der Waals surface area contributed by atoms with Gasteiger partial charge in [0, 0.05) is 35.3 Å². The standard InChI is InChI=1S/C41H27N7/c1-3-11-30(12-4-1)39-46-40(31-13-5-2-6-14-31)48-41(47-39)36-22-21-32(27-44-36)28-17-19-29(20-18-28)33-25-37(34-15-7-9-23-42-34)45-38(26-33)35-16-8-10-24-43-35/h1-27H. The van der Waals surface area contributed by atoms with Crippen LogP contribution in [-0.2, 0) is 0 Å². The molecule has 0 spiro atoms. The van der Waals surface area contributed by atoms with E-state index in [2.05, 4.69) is 52.4 Å². The minimum Gasteiger partial charge on any atom is -0.255 e. The Morgan fingerprint density at radius 3 is 1.23 bits per heavy atom. The van der Waals surface area contributed by atoms with Crippen molar-refractivity contribution < 1.29 is 0 Å². The van der Waals surface area contributed by atoms with Gasteiger partial charge in [-0.25, -0.2) is 19.9 Å². The molecule has 226 valence electrons. The third-order valence-electron chi connectivity index (χ3n) is 7.92. The van der Waals surface area contributed by atoms with Gasteiger partial charge in [0.1, 0.15) is 5.69 Å². The van der Waals surface area contributed by atoms with Gasteiger partial charge in [-0.15, -0.1) is 0 Å². The summed E-state index contributed by atoms with van der Waals surface area (Å²) in [5, 5.41) is 0. The Morgan fingerprint density at radius 1 is 0.271 bits per heavy atom. The van der Waals surface area contributed by atoms with Crippen LogP contribution in [0.15, 0.2) is 164 Å². The van der Waals surface area contributed by atoms with Crippen molar-refractivity contribution in [2.45, 2.75) is 0 Å². The number of aromatic nitrogens is 7. The van der Waals surface area contributed by atoms with Crippen molar-refractivity contribution in [1.29, 1.82) is 0 Å². The van der Waals surface area contributed by atoms with Crippen LogP contribution in [0.1, 0.15) is 0 Å². The average molecular weight is 618 g/mol. The van der Waals surface area contributed by atoms with Crippen molar-refractivity contribution in [1.82, 2.24) is 34.9 Å². The zero-order valence-electron chi connectivity index (χ0n) is 25.7. The second-order valence-electron chi connectivity index (χ2n) is 11.1. The Kier molecular flexibility index (Phi) is 7.74. The zero-order chi connectivity index (χ0) is 32.1. The summed E-state index contributed by atoms with van der Waals surface area (Å²) in [6, 6.07) is 48.2. The van der Waals surface area contributed by atoms with E-state index in [-0.39, 0.29) is 0 Å². The third-order valence-corrected chi connectivity index (χ3v) is 7.92. The Balaban J connectivity index is 1.11. The molecular weight excluding hydrogens is 591 g/mol. The first-order valence-electron chi connectivity index (χ1n) is 15.6. The lowest BCUT2D eigenvalue weighted by molar-refractivity contribution is 1.06. The lowest BCUT2D eigenvalue weighted by Crippen LogP contribution is -2.01. The van der Waals surface area contributed by atoms with Crippen molar-refractivity contribution in [2.24, 2.45) is 0 Å². The monoisotopic (exact) mass is 617 g/mol. The maximum absolute atomic E-state index is 4.90. The second kappa shape index (κ2) is 12.9. The molecule has 7 heteroatoms. The first kappa shape index (κ1) is 28.7. The largest absolute Gasteiger partial charge is 0.255 e. The molecule has 0 aliphatic heterocycles. The fourth-order valence-corrected chi connectivity index (χ4v) is 5.46. The van der Waals surface area contributed by atoms with Crippen LogP contribution in [0.5, 0.6) is 0 Å². The zero-order valence-corrected chi connectivity index (χ0v) is 25.7. The fraction of sp³-hybridized carbons (Fsp3) is 0. The number of hydrogen-bond acceptors (Lipinski definition) is 7. The lowest BCUT2D eigenvalue weighted by atomic mass is 9.99. The Hall–Kier alpha value is -6.73. The summed E-state index contributed by atoms with van der Waals surface area (Å²) in [6.45, 7) is 0. The topological polar surface area (TPSA) is 90.2 Å². The third kappa shape index (κ3) is 6.08. The van der Waals surface area contributed by atoms with Crippen LogP contribution < -0.4 is 0 Å². The molecule has 5 aromatic heterocycles. The number of rotatable bonds is 7. The van der Waals surface area contributed by atoms with Crippen LogP contribution in [-0.4, -0.2) is 34.9 Å². The quantitative estimate of drug-likeness (QED) is 0.176. The molecule has 3 aromatic carbocycles. The molecule has 0 fully saturated rings. The van der Waals surface area contributed by atoms with E-state index in [9.17, 15) is 0 Å². The Morgan fingerprint density at radius 2 is 0.750 bits per heavy atom. The summed E-state index contributed by atoms with van der Waals surface area (Å²) in [5.41, 5.74) is 9.85. The van der Waals surface area contributed by atoms with E-state index < -0.39 is 0 Å². The SMILES string of the molecule is c1ccc(-c2nc(-c3ccccc3)nc(-c3ccc(-c4ccc(-c5cc(-c6ccccn6)nc(-c6ccccn6)c5)cc4)cn3)n2)cc1. The van der Waals surface area contributed by atoms with E-state index in [1.165, 1.54) is 0 Å². The fourth-order valence-electron chi connectivity index (χ4n) is 5.46. The number of benzene rings is 3. The van der Waals surface area contributed by atoms with E-state index in [1.807, 2.05) is 109 Å². The van der Waals surface area contributed by atoms with Gasteiger partial charge in [0.25, 0.3) is 0 Å². The molecule has 0 saturated heterocycles. The first-order chi connectivity index (χ1) is 23.8. The highest BCUT2D eigenvalue weighted by Crippen LogP contribution is 2.31. The van der Waals surface area contributed by atoms with Gasteiger partial charge in [-0.05, 0) is 59.2 Å². The maximum atomic E-state index is 4.90. The Labute approximate surface area is 277 Å². The molecule has 0 N–H and O–H groups in total. The molecule has 0 saturated carbocycles. The Bertz CT molecular complexity index is 2010. The van der Waals surface area contributed by atoms with Crippen LogP contribution in [0, 0.1) is 0 Å². The molecular formula is C41H27N7. The van der Waals surface area contributed by atoms with Crippen molar-refractivity contribution in [3.8, 4) is 79.3 Å². The molecule has 0 radical (unpaired) electrons. The first-order valence-corrected chi connectivity index (χ1v) is 15.6. The predicted octanol–water partition coefficient (Wildman–Crippen LogP) is 9.12. The van der Waals surface area contributed by atoms with Gasteiger partial charge in [-0.1, -0.05) is 103 Å². The van der Waals surface area contributed by atoms with Gasteiger partial charge in [0.05, 0.1) is 22.8 Å². The smallest absolute Gasteiger partial charge is 0.182 e. The van der Waals surface area contributed by atoms with Gasteiger partial charge in [0.15, 0.2) is 17.5 Å². The van der Waals surface area contributed by atoms with Gasteiger partial charge >= 0.3 is 0 Å². The highest BCUT2D eigenvalue weighted by Gasteiger charge is 2.14. The minimum absolute atomic E-state index is 0.523. The summed E-state index contributed by atoms with van der Waals surface area (Å²) in [4.78, 5) is 33.2. The van der Waals surface area contributed by atoms with E-state index in [1.54, 1.807) is 12.4 Å². The van der Waals surface area contributed by atoms with Gasteiger partial charge in [-0.3, -0.25) is 15.0 Å². The lowest BCUT2D eigenvalue weighted by Gasteiger charge is -2.10. The van der Waals surface area contributed by atoms with E-state index in [0.717, 1.165) is 56.2 Å². The maximum Gasteiger partial charge on any atom is 0.182 e. The molecule has 5 heterocycles. The van der Waals surface area contributed by atoms with Crippen molar-refractivity contribution in [3.05, 3.63) is 164 Å². The number of pyridine rings is 4. The van der Waals surface area contributed by atoms with Crippen molar-refractivity contribution in [2.75, 3.05) is 0 Å². The highest BCUT2D eigenvalue weighted by molar-refractivity contribution is 5.77. The van der Waals surface area contributed by atoms with E-state index in [4.69, 9.17) is 24.9 Å². The molecule has 0 aliphatic carbocycles. The van der Waals surface area contributed by atoms with Crippen molar-refractivity contribution >= 4 is 0 Å². The normalized spacial score (nSPS) is 10.9. The van der Waals surface area contributed by atoms with Gasteiger partial charge in [-0.2, -0.15) is 0 Å². The average Bonchev–Trinajstić information content (AvgIpc) is 3.19. The molecule has 0 amide bonds. The summed E-state index contributed by atoms with van der Waals surface area (Å²) in [7, 11) is 0. The van der Waals surface area contributed by atoms with E-state index >= 15 is 0 Å². The van der Waals surface area contributed by atoms with Crippen LogP contribution in [0.3, 0.4) is 0 Å². The molecule has 8 rings (SSSR count). The molecule has 7 nitrogen and oxygen atoms in total. The summed E-state index contributed by atoms with van der Waals surface area (Å²) < 4.78 is 0. The predicted molar refractivity (Wildman–Crippen MR) is 189 cm³/mol. The molecule has 0 aliphatic rings. The van der Waals surface area contributed by atoms with Crippen molar-refractivity contribution in [3.63, 3.8) is 0 Å². The highest BCUT2D eigenvalue weighted by atomic mass is 15.0. The van der Waals surface area contributed by atoms with Gasteiger partial charge in [0.2, 0.25) is 0 Å². The molecule has 0 unspecified atom stereocenters. The second-order valence-corrected chi connectivity index (χ2v) is 11.1. The van der Waals surface area contributed by atoms with E-state index in [0.29, 0.717) is 23.2 Å². The molecule has 48 heavy (non-hydrogen) atoms. The molecule has 0 bridgehead atoms. The number of nitrogens with zero attached hydrogens (tertiary/aromatic N) is 7. The van der Waals surface area contributed by atoms with Crippen LogP contribution in [0.25, 0.3) is 79.3 Å². The number of hydrogen-bond donors (Lipinski definition) is 0. The summed E-state index contributed by atoms with van der Waals surface area (Å²) >= 11 is 0. The van der Waals surface area contributed by atoms with Crippen LogP contribution in [0.2, 0.25) is 0 Å².